The van der Waals surface area contributed by atoms with Crippen LogP contribution in [0.4, 0.5) is 17.1 Å². The molecule has 1 amide bonds. The number of hydrogen-bond donors (Lipinski definition) is 0. The van der Waals surface area contributed by atoms with Crippen molar-refractivity contribution in [1.29, 1.82) is 0 Å². The summed E-state index contributed by atoms with van der Waals surface area (Å²) in [6.45, 7) is 5.79. The zero-order valence-electron chi connectivity index (χ0n) is 17.1. The second-order valence-electron chi connectivity index (χ2n) is 7.62. The lowest BCUT2D eigenvalue weighted by Crippen LogP contribution is -2.40. The molecule has 0 saturated carbocycles. The highest BCUT2D eigenvalue weighted by Gasteiger charge is 2.36. The van der Waals surface area contributed by atoms with E-state index in [9.17, 15) is 4.79 Å². The molecular weight excluding hydrogens is 390 g/mol. The minimum atomic E-state index is -0.00212. The lowest BCUT2D eigenvalue weighted by Gasteiger charge is -2.27. The van der Waals surface area contributed by atoms with Gasteiger partial charge in [-0.25, -0.2) is 0 Å². The monoisotopic (exact) mass is 413 g/mol. The van der Waals surface area contributed by atoms with Crippen LogP contribution in [0.3, 0.4) is 0 Å². The van der Waals surface area contributed by atoms with Crippen molar-refractivity contribution in [3.63, 3.8) is 0 Å². The molecule has 3 aromatic rings. The molecule has 156 valence electrons. The predicted molar refractivity (Wildman–Crippen MR) is 120 cm³/mol. The summed E-state index contributed by atoms with van der Waals surface area (Å²) >= 11 is 0. The zero-order chi connectivity index (χ0) is 21.2. The van der Waals surface area contributed by atoms with Gasteiger partial charge in [-0.2, -0.15) is 0 Å². The molecule has 1 atom stereocenters. The first-order valence-electron chi connectivity index (χ1n) is 10.3. The molecule has 0 unspecified atom stereocenters. The van der Waals surface area contributed by atoms with Crippen molar-refractivity contribution < 1.29 is 9.53 Å². The van der Waals surface area contributed by atoms with E-state index in [0.29, 0.717) is 19.0 Å². The summed E-state index contributed by atoms with van der Waals surface area (Å²) in [5.41, 5.74) is 3.27. The Bertz CT molecular complexity index is 1090. The van der Waals surface area contributed by atoms with Crippen LogP contribution in [-0.2, 0) is 4.79 Å². The van der Waals surface area contributed by atoms with E-state index >= 15 is 0 Å². The van der Waals surface area contributed by atoms with Crippen molar-refractivity contribution in [3.8, 4) is 11.5 Å². The number of anilines is 3. The lowest BCUT2D eigenvalue weighted by molar-refractivity contribution is -0.125. The number of nitrogens with zero attached hydrogens (tertiary/aromatic N) is 5. The number of aromatic nitrogens is 2. The van der Waals surface area contributed by atoms with Crippen LogP contribution in [0.5, 0.6) is 11.5 Å². The molecular formula is C24H23N5O2. The molecule has 0 N–H and O–H groups in total. The Morgan fingerprint density at radius 2 is 1.87 bits per heavy atom. The van der Waals surface area contributed by atoms with E-state index in [1.54, 1.807) is 12.4 Å². The van der Waals surface area contributed by atoms with Gasteiger partial charge in [0.15, 0.2) is 0 Å². The van der Waals surface area contributed by atoms with E-state index in [1.165, 1.54) is 6.08 Å². The van der Waals surface area contributed by atoms with E-state index in [2.05, 4.69) is 26.3 Å². The van der Waals surface area contributed by atoms with Gasteiger partial charge in [0, 0.05) is 31.2 Å². The molecule has 2 aliphatic heterocycles. The van der Waals surface area contributed by atoms with Crippen molar-refractivity contribution in [1.82, 2.24) is 14.9 Å². The van der Waals surface area contributed by atoms with Crippen LogP contribution in [0.1, 0.15) is 6.42 Å². The van der Waals surface area contributed by atoms with Crippen LogP contribution < -0.4 is 14.5 Å². The van der Waals surface area contributed by atoms with Gasteiger partial charge in [0.05, 0.1) is 36.5 Å². The van der Waals surface area contributed by atoms with Crippen molar-refractivity contribution in [2.75, 3.05) is 29.6 Å². The quantitative estimate of drug-likeness (QED) is 0.590. The molecule has 31 heavy (non-hydrogen) atoms. The number of pyridine rings is 2. The van der Waals surface area contributed by atoms with E-state index in [-0.39, 0.29) is 11.9 Å². The Morgan fingerprint density at radius 3 is 2.65 bits per heavy atom. The first-order valence-corrected chi connectivity index (χ1v) is 10.3. The number of ether oxygens (including phenoxy) is 1. The van der Waals surface area contributed by atoms with Crippen LogP contribution in [0, 0.1) is 0 Å². The van der Waals surface area contributed by atoms with Crippen LogP contribution in [0.2, 0.25) is 0 Å². The number of amides is 1. The second-order valence-corrected chi connectivity index (χ2v) is 7.62. The van der Waals surface area contributed by atoms with Gasteiger partial charge in [-0.05, 0) is 55.0 Å². The minimum absolute atomic E-state index is 0.00212. The van der Waals surface area contributed by atoms with Gasteiger partial charge < -0.3 is 19.4 Å². The van der Waals surface area contributed by atoms with Gasteiger partial charge >= 0.3 is 0 Å². The van der Waals surface area contributed by atoms with E-state index < -0.39 is 0 Å². The van der Waals surface area contributed by atoms with Gasteiger partial charge in [0.1, 0.15) is 11.5 Å². The normalized spacial score (nSPS) is 17.5. The Morgan fingerprint density at radius 1 is 1.03 bits per heavy atom. The summed E-state index contributed by atoms with van der Waals surface area (Å²) in [7, 11) is 0. The maximum absolute atomic E-state index is 12.0. The molecule has 0 aliphatic carbocycles. The fourth-order valence-corrected chi connectivity index (χ4v) is 4.23. The first kappa shape index (κ1) is 19.1. The molecule has 0 spiro atoms. The molecule has 4 heterocycles. The van der Waals surface area contributed by atoms with Gasteiger partial charge in [-0.3, -0.25) is 14.8 Å². The van der Waals surface area contributed by atoms with Crippen molar-refractivity contribution in [2.45, 2.75) is 12.5 Å². The highest BCUT2D eigenvalue weighted by Crippen LogP contribution is 2.42. The summed E-state index contributed by atoms with van der Waals surface area (Å²) in [6, 6.07) is 14.1. The Labute approximate surface area is 181 Å². The second kappa shape index (κ2) is 8.10. The molecule has 1 aromatic carbocycles. The summed E-state index contributed by atoms with van der Waals surface area (Å²) < 4.78 is 5.86. The fourth-order valence-electron chi connectivity index (χ4n) is 4.23. The van der Waals surface area contributed by atoms with Gasteiger partial charge in [-0.15, -0.1) is 0 Å². The van der Waals surface area contributed by atoms with Crippen LogP contribution in [0.15, 0.2) is 79.9 Å². The largest absolute Gasteiger partial charge is 0.456 e. The number of likely N-dealkylation sites (tertiary alicyclic amines) is 1. The summed E-state index contributed by atoms with van der Waals surface area (Å²) in [4.78, 5) is 26.9. The van der Waals surface area contributed by atoms with Crippen molar-refractivity contribution >= 4 is 23.0 Å². The molecule has 5 rings (SSSR count). The highest BCUT2D eigenvalue weighted by molar-refractivity contribution is 5.87. The van der Waals surface area contributed by atoms with Crippen molar-refractivity contribution in [2.24, 2.45) is 0 Å². The number of carbonyl (C=O) groups excluding carboxylic acids is 1. The topological polar surface area (TPSA) is 61.8 Å². The molecule has 7 nitrogen and oxygen atoms in total. The molecule has 2 aromatic heterocycles. The van der Waals surface area contributed by atoms with Crippen LogP contribution in [-0.4, -0.2) is 46.6 Å². The average Bonchev–Trinajstić information content (AvgIpc) is 3.45. The number of carbonyl (C=O) groups is 1. The Balaban J connectivity index is 1.36. The smallest absolute Gasteiger partial charge is 0.246 e. The Kier molecular flexibility index (Phi) is 5.00. The first-order chi connectivity index (χ1) is 15.2. The number of rotatable bonds is 5. The van der Waals surface area contributed by atoms with E-state index in [1.807, 2.05) is 59.8 Å². The highest BCUT2D eigenvalue weighted by atomic mass is 16.5. The Hall–Kier alpha value is -3.87. The number of fused-ring (bicyclic) bond motifs is 1. The predicted octanol–water partition coefficient (Wildman–Crippen LogP) is 3.97. The van der Waals surface area contributed by atoms with Crippen LogP contribution >= 0.6 is 0 Å². The summed E-state index contributed by atoms with van der Waals surface area (Å²) in [5, 5.41) is 0. The molecule has 7 heteroatoms. The third-order valence-corrected chi connectivity index (χ3v) is 5.78. The van der Waals surface area contributed by atoms with Gasteiger partial charge in [0.2, 0.25) is 5.91 Å². The minimum Gasteiger partial charge on any atom is -0.456 e. The number of benzene rings is 1. The van der Waals surface area contributed by atoms with Gasteiger partial charge in [0.25, 0.3) is 0 Å². The average molecular weight is 413 g/mol. The molecule has 1 saturated heterocycles. The molecule has 0 bridgehead atoms. The zero-order valence-corrected chi connectivity index (χ0v) is 17.1. The van der Waals surface area contributed by atoms with Gasteiger partial charge in [-0.1, -0.05) is 6.58 Å². The standard InChI is InChI=1S/C24H23N5O2/c1-2-24(30)27-13-10-19(16-27)29-17-28(23-15-26-12-9-22(23)29)18-5-7-20(8-6-18)31-21-4-3-11-25-14-21/h2-9,11-12,14-15,19H,1,10,13,16-17H2/t19-/m1/s1. The SMILES string of the molecule is C=CC(=O)N1CC[C@@H](N2CN(c3ccc(Oc4cccnc4)cc3)c3cnccc32)C1. The lowest BCUT2D eigenvalue weighted by atomic mass is 10.2. The molecule has 0 radical (unpaired) electrons. The maximum atomic E-state index is 12.0. The summed E-state index contributed by atoms with van der Waals surface area (Å²) in [6.07, 6.45) is 9.46. The van der Waals surface area contributed by atoms with Crippen molar-refractivity contribution in [3.05, 3.63) is 79.9 Å². The van der Waals surface area contributed by atoms with E-state index in [4.69, 9.17) is 4.74 Å². The molecule has 2 aliphatic rings. The van der Waals surface area contributed by atoms with Crippen LogP contribution in [0.25, 0.3) is 0 Å². The maximum Gasteiger partial charge on any atom is 0.246 e. The number of hydrogen-bond acceptors (Lipinski definition) is 6. The summed E-state index contributed by atoms with van der Waals surface area (Å²) in [5.74, 6) is 1.46. The third kappa shape index (κ3) is 3.70. The van der Waals surface area contributed by atoms with E-state index in [0.717, 1.165) is 35.8 Å². The third-order valence-electron chi connectivity index (χ3n) is 5.78. The fraction of sp³-hybridized carbons (Fsp3) is 0.208. The molecule has 1 fully saturated rings.